The van der Waals surface area contributed by atoms with Crippen LogP contribution in [0.15, 0.2) is 29.3 Å². The van der Waals surface area contributed by atoms with Gasteiger partial charge in [0.1, 0.15) is 0 Å². The number of amidine groups is 1. The van der Waals surface area contributed by atoms with E-state index in [0.717, 1.165) is 50.7 Å². The molecule has 142 valence electrons. The molecule has 1 amide bonds. The number of benzene rings is 1. The Hall–Kier alpha value is -1.50. The number of hydrogen-bond donors (Lipinski definition) is 0. The fraction of sp³-hybridized carbons (Fsp3) is 0.579. The van der Waals surface area contributed by atoms with E-state index < -0.39 is 11.7 Å². The Morgan fingerprint density at radius 3 is 2.50 bits per heavy atom. The second-order valence-electron chi connectivity index (χ2n) is 6.83. The number of fused-ring (bicyclic) bond motifs is 1. The van der Waals surface area contributed by atoms with Crippen LogP contribution in [0.4, 0.5) is 18.9 Å². The van der Waals surface area contributed by atoms with Crippen LogP contribution in [0, 0.1) is 5.92 Å². The van der Waals surface area contributed by atoms with Gasteiger partial charge in [-0.3, -0.25) is 4.79 Å². The minimum absolute atomic E-state index is 0.0117. The summed E-state index contributed by atoms with van der Waals surface area (Å²) in [6.07, 6.45) is 1.67. The molecule has 3 rings (SSSR count). The Morgan fingerprint density at radius 2 is 1.85 bits per heavy atom. The lowest BCUT2D eigenvalue weighted by Gasteiger charge is -2.33. The standard InChI is InChI=1S/C19H23F3N2OS/c1-2-12-24(14-10-8-13(9-11-14)19(20,21)22)18-23-17(25)15-6-4-3-5-7-16(15)26-18/h8-11,15-16H,2-7,12H2,1H3. The minimum Gasteiger partial charge on any atom is -0.321 e. The highest BCUT2D eigenvalue weighted by atomic mass is 32.2. The first-order chi connectivity index (χ1) is 12.4. The zero-order valence-corrected chi connectivity index (χ0v) is 15.6. The fourth-order valence-electron chi connectivity index (χ4n) is 3.55. The SMILES string of the molecule is CCCN(C1=NC(=O)C2CCCCCC2S1)c1ccc(C(F)(F)F)cc1. The van der Waals surface area contributed by atoms with Crippen LogP contribution in [0.25, 0.3) is 0 Å². The summed E-state index contributed by atoms with van der Waals surface area (Å²) in [4.78, 5) is 18.7. The Labute approximate surface area is 156 Å². The largest absolute Gasteiger partial charge is 0.416 e. The molecule has 7 heteroatoms. The van der Waals surface area contributed by atoms with Crippen molar-refractivity contribution in [2.24, 2.45) is 10.9 Å². The molecule has 26 heavy (non-hydrogen) atoms. The Morgan fingerprint density at radius 1 is 1.15 bits per heavy atom. The molecule has 1 aromatic carbocycles. The van der Waals surface area contributed by atoms with Gasteiger partial charge in [-0.2, -0.15) is 18.2 Å². The molecular weight excluding hydrogens is 361 g/mol. The zero-order valence-electron chi connectivity index (χ0n) is 14.8. The quantitative estimate of drug-likeness (QED) is 0.690. The van der Waals surface area contributed by atoms with Crippen LogP contribution in [-0.4, -0.2) is 22.9 Å². The second-order valence-corrected chi connectivity index (χ2v) is 8.04. The van der Waals surface area contributed by atoms with Crippen LogP contribution in [0.1, 0.15) is 51.0 Å². The number of alkyl halides is 3. The first kappa shape index (κ1) is 19.3. The van der Waals surface area contributed by atoms with Crippen molar-refractivity contribution in [3.8, 4) is 0 Å². The predicted octanol–water partition coefficient (Wildman–Crippen LogP) is 5.50. The number of halogens is 3. The highest BCUT2D eigenvalue weighted by Crippen LogP contribution is 2.39. The van der Waals surface area contributed by atoms with Crippen molar-refractivity contribution < 1.29 is 18.0 Å². The van der Waals surface area contributed by atoms with E-state index in [4.69, 9.17) is 0 Å². The zero-order chi connectivity index (χ0) is 18.7. The summed E-state index contributed by atoms with van der Waals surface area (Å²) in [5, 5.41) is 0.853. The van der Waals surface area contributed by atoms with E-state index in [-0.39, 0.29) is 17.1 Å². The average molecular weight is 384 g/mol. The molecule has 3 nitrogen and oxygen atoms in total. The molecule has 0 aromatic heterocycles. The predicted molar refractivity (Wildman–Crippen MR) is 99.5 cm³/mol. The molecule has 2 atom stereocenters. The lowest BCUT2D eigenvalue weighted by Crippen LogP contribution is -2.38. The topological polar surface area (TPSA) is 32.7 Å². The fourth-order valence-corrected chi connectivity index (χ4v) is 4.99. The third-order valence-electron chi connectivity index (χ3n) is 4.92. The highest BCUT2D eigenvalue weighted by Gasteiger charge is 2.37. The van der Waals surface area contributed by atoms with Crippen molar-refractivity contribution in [3.05, 3.63) is 29.8 Å². The van der Waals surface area contributed by atoms with Gasteiger partial charge in [-0.25, -0.2) is 0 Å². The summed E-state index contributed by atoms with van der Waals surface area (Å²) in [5.74, 6) is -0.0824. The number of thioether (sulfide) groups is 1. The molecule has 2 aliphatic rings. The first-order valence-corrected chi connectivity index (χ1v) is 10.0. The summed E-state index contributed by atoms with van der Waals surface area (Å²) in [6, 6.07) is 5.10. The first-order valence-electron chi connectivity index (χ1n) is 9.14. The van der Waals surface area contributed by atoms with Crippen molar-refractivity contribution in [2.45, 2.75) is 56.9 Å². The molecule has 1 aromatic rings. The summed E-state index contributed by atoms with van der Waals surface area (Å²) < 4.78 is 38.4. The Kier molecular flexibility index (Phi) is 5.95. The average Bonchev–Trinajstić information content (AvgIpc) is 2.85. The molecule has 1 heterocycles. The number of anilines is 1. The van der Waals surface area contributed by atoms with E-state index >= 15 is 0 Å². The van der Waals surface area contributed by atoms with Crippen LogP contribution < -0.4 is 4.90 Å². The molecule has 2 unspecified atom stereocenters. The molecular formula is C19H23F3N2OS. The van der Waals surface area contributed by atoms with Gasteiger partial charge in [0.15, 0.2) is 5.17 Å². The van der Waals surface area contributed by atoms with Crippen molar-refractivity contribution >= 4 is 28.5 Å². The number of carbonyl (C=O) groups excluding carboxylic acids is 1. The van der Waals surface area contributed by atoms with Gasteiger partial charge in [-0.1, -0.05) is 37.9 Å². The summed E-state index contributed by atoms with van der Waals surface area (Å²) >= 11 is 1.62. The summed E-state index contributed by atoms with van der Waals surface area (Å²) in [7, 11) is 0. The molecule has 0 saturated heterocycles. The smallest absolute Gasteiger partial charge is 0.321 e. The van der Waals surface area contributed by atoms with Crippen molar-refractivity contribution in [3.63, 3.8) is 0 Å². The van der Waals surface area contributed by atoms with Crippen molar-refractivity contribution in [1.29, 1.82) is 0 Å². The maximum Gasteiger partial charge on any atom is 0.416 e. The lowest BCUT2D eigenvalue weighted by atomic mass is 9.99. The van der Waals surface area contributed by atoms with Crippen LogP contribution >= 0.6 is 11.8 Å². The minimum atomic E-state index is -4.35. The lowest BCUT2D eigenvalue weighted by molar-refractivity contribution is -0.137. The summed E-state index contributed by atoms with van der Waals surface area (Å²) in [6.45, 7) is 2.61. The Balaban J connectivity index is 1.86. The van der Waals surface area contributed by atoms with E-state index in [2.05, 4.69) is 4.99 Å². The van der Waals surface area contributed by atoms with Crippen LogP contribution in [0.2, 0.25) is 0 Å². The van der Waals surface area contributed by atoms with Gasteiger partial charge in [0.2, 0.25) is 0 Å². The van der Waals surface area contributed by atoms with Crippen LogP contribution in [-0.2, 0) is 11.0 Å². The highest BCUT2D eigenvalue weighted by molar-refractivity contribution is 8.14. The number of aliphatic imine (C=N–C) groups is 1. The third-order valence-corrected chi connectivity index (χ3v) is 6.31. The van der Waals surface area contributed by atoms with Gasteiger partial charge in [-0.05, 0) is 43.5 Å². The number of nitrogens with zero attached hydrogens (tertiary/aromatic N) is 2. The maximum atomic E-state index is 12.8. The monoisotopic (exact) mass is 384 g/mol. The normalized spacial score (nSPS) is 23.8. The van der Waals surface area contributed by atoms with Crippen molar-refractivity contribution in [1.82, 2.24) is 0 Å². The van der Waals surface area contributed by atoms with E-state index in [1.807, 2.05) is 11.8 Å². The van der Waals surface area contributed by atoms with E-state index in [0.29, 0.717) is 17.4 Å². The maximum absolute atomic E-state index is 12.8. The second kappa shape index (κ2) is 8.03. The molecule has 1 aliphatic carbocycles. The van der Waals surface area contributed by atoms with E-state index in [9.17, 15) is 18.0 Å². The Bertz CT molecular complexity index is 672. The van der Waals surface area contributed by atoms with Gasteiger partial charge >= 0.3 is 6.18 Å². The number of carbonyl (C=O) groups is 1. The molecule has 1 fully saturated rings. The molecule has 0 N–H and O–H groups in total. The molecule has 1 aliphatic heterocycles. The number of rotatable bonds is 3. The van der Waals surface area contributed by atoms with Gasteiger partial charge in [0.05, 0.1) is 11.5 Å². The van der Waals surface area contributed by atoms with Crippen LogP contribution in [0.3, 0.4) is 0 Å². The van der Waals surface area contributed by atoms with Gasteiger partial charge in [-0.15, -0.1) is 0 Å². The van der Waals surface area contributed by atoms with E-state index in [1.165, 1.54) is 12.1 Å². The van der Waals surface area contributed by atoms with Gasteiger partial charge in [0.25, 0.3) is 5.91 Å². The van der Waals surface area contributed by atoms with Crippen molar-refractivity contribution in [2.75, 3.05) is 11.4 Å². The van der Waals surface area contributed by atoms with E-state index in [1.54, 1.807) is 11.8 Å². The van der Waals surface area contributed by atoms with Gasteiger partial charge < -0.3 is 4.90 Å². The third kappa shape index (κ3) is 4.24. The number of amides is 1. The van der Waals surface area contributed by atoms with Gasteiger partial charge in [0, 0.05) is 17.5 Å². The number of hydrogen-bond acceptors (Lipinski definition) is 3. The van der Waals surface area contributed by atoms with Crippen LogP contribution in [0.5, 0.6) is 0 Å². The summed E-state index contributed by atoms with van der Waals surface area (Å²) in [5.41, 5.74) is -0.0261. The molecule has 0 spiro atoms. The molecule has 1 saturated carbocycles. The molecule has 0 bridgehead atoms. The molecule has 0 radical (unpaired) electrons.